The lowest BCUT2D eigenvalue weighted by molar-refractivity contribution is -0.119. The Bertz CT molecular complexity index is 1200. The molecule has 1 aliphatic heterocycles. The molecule has 1 aromatic heterocycles. The van der Waals surface area contributed by atoms with E-state index < -0.39 is 0 Å². The molecule has 8 nitrogen and oxygen atoms in total. The first kappa shape index (κ1) is 24.1. The lowest BCUT2D eigenvalue weighted by Crippen LogP contribution is -2.35. The van der Waals surface area contributed by atoms with Gasteiger partial charge in [0, 0.05) is 31.0 Å². The van der Waals surface area contributed by atoms with E-state index in [-0.39, 0.29) is 29.3 Å². The summed E-state index contributed by atoms with van der Waals surface area (Å²) in [5, 5.41) is 8.48. The molecule has 0 bridgehead atoms. The Kier molecular flexibility index (Phi) is 7.84. The topological polar surface area (TPSA) is 95.6 Å². The second-order valence-electron chi connectivity index (χ2n) is 7.93. The first-order valence-corrected chi connectivity index (χ1v) is 11.5. The van der Waals surface area contributed by atoms with Gasteiger partial charge in [0.15, 0.2) is 5.11 Å². The number of pyridine rings is 1. The number of halogens is 1. The van der Waals surface area contributed by atoms with Crippen molar-refractivity contribution in [2.45, 2.75) is 19.3 Å². The minimum absolute atomic E-state index is 0.0846. The quantitative estimate of drug-likeness (QED) is 0.431. The van der Waals surface area contributed by atoms with Gasteiger partial charge in [0.05, 0.1) is 6.42 Å². The highest BCUT2D eigenvalue weighted by Gasteiger charge is 2.18. The van der Waals surface area contributed by atoms with Crippen molar-refractivity contribution in [2.75, 3.05) is 23.7 Å². The molecule has 2 aromatic carbocycles. The molecule has 0 saturated carbocycles. The SMILES string of the molecule is O=C(Cc1ccc(F)cc1)NC(=S)Nc1ccc(Oc2ccnc(NC(=O)N3CCCC3)c2)cc1. The molecule has 0 radical (unpaired) electrons. The number of hydrogen-bond acceptors (Lipinski definition) is 5. The zero-order valence-electron chi connectivity index (χ0n) is 18.8. The first-order chi connectivity index (χ1) is 16.9. The van der Waals surface area contributed by atoms with Crippen LogP contribution in [0, 0.1) is 5.82 Å². The summed E-state index contributed by atoms with van der Waals surface area (Å²) < 4.78 is 18.8. The fraction of sp³-hybridized carbons (Fsp3) is 0.200. The molecule has 4 rings (SSSR count). The number of carbonyl (C=O) groups is 2. The second kappa shape index (κ2) is 11.4. The van der Waals surface area contributed by atoms with Gasteiger partial charge in [0.25, 0.3) is 0 Å². The molecule has 1 fully saturated rings. The summed E-state index contributed by atoms with van der Waals surface area (Å²) in [6.45, 7) is 1.51. The van der Waals surface area contributed by atoms with Gasteiger partial charge in [-0.2, -0.15) is 0 Å². The maximum absolute atomic E-state index is 13.0. The summed E-state index contributed by atoms with van der Waals surface area (Å²) in [6.07, 6.45) is 3.68. The van der Waals surface area contributed by atoms with Crippen LogP contribution in [0.1, 0.15) is 18.4 Å². The molecule has 35 heavy (non-hydrogen) atoms. The molecule has 0 atom stereocenters. The average Bonchev–Trinajstić information content (AvgIpc) is 3.37. The van der Waals surface area contributed by atoms with E-state index in [1.165, 1.54) is 12.1 Å². The largest absolute Gasteiger partial charge is 0.457 e. The van der Waals surface area contributed by atoms with E-state index in [2.05, 4.69) is 20.9 Å². The van der Waals surface area contributed by atoms with Crippen molar-refractivity contribution in [3.8, 4) is 11.5 Å². The molecular weight excluding hydrogens is 469 g/mol. The number of benzene rings is 2. The maximum Gasteiger partial charge on any atom is 0.323 e. The number of urea groups is 1. The molecule has 10 heteroatoms. The predicted molar refractivity (Wildman–Crippen MR) is 135 cm³/mol. The lowest BCUT2D eigenvalue weighted by Gasteiger charge is -2.16. The zero-order chi connectivity index (χ0) is 24.6. The Hall–Kier alpha value is -4.05. The standard InChI is InChI=1S/C25H24FN5O3S/c26-18-5-3-17(4-6-18)15-23(32)30-24(35)28-19-7-9-20(10-8-19)34-21-11-12-27-22(16-21)29-25(33)31-13-1-2-14-31/h3-12,16H,1-2,13-15H2,(H,27,29,33)(H2,28,30,32,35). The monoisotopic (exact) mass is 493 g/mol. The van der Waals surface area contributed by atoms with Gasteiger partial charge in [-0.1, -0.05) is 12.1 Å². The fourth-order valence-electron chi connectivity index (χ4n) is 3.52. The number of ether oxygens (including phenoxy) is 1. The molecule has 0 aliphatic carbocycles. The van der Waals surface area contributed by atoms with Gasteiger partial charge < -0.3 is 20.3 Å². The van der Waals surface area contributed by atoms with Crippen molar-refractivity contribution in [3.05, 3.63) is 78.2 Å². The number of likely N-dealkylation sites (tertiary alicyclic amines) is 1. The highest BCUT2D eigenvalue weighted by molar-refractivity contribution is 7.80. The molecule has 3 N–H and O–H groups in total. The summed E-state index contributed by atoms with van der Waals surface area (Å²) in [5.74, 6) is 0.858. The number of nitrogens with one attached hydrogen (secondary N) is 3. The van der Waals surface area contributed by atoms with Crippen LogP contribution in [0.25, 0.3) is 0 Å². The fourth-order valence-corrected chi connectivity index (χ4v) is 3.75. The van der Waals surface area contributed by atoms with E-state index in [0.717, 1.165) is 25.9 Å². The smallest absolute Gasteiger partial charge is 0.323 e. The van der Waals surface area contributed by atoms with Crippen LogP contribution >= 0.6 is 12.2 Å². The zero-order valence-corrected chi connectivity index (χ0v) is 19.6. The highest BCUT2D eigenvalue weighted by Crippen LogP contribution is 2.24. The highest BCUT2D eigenvalue weighted by atomic mass is 32.1. The van der Waals surface area contributed by atoms with Crippen LogP contribution in [-0.2, 0) is 11.2 Å². The van der Waals surface area contributed by atoms with Crippen LogP contribution in [0.3, 0.4) is 0 Å². The average molecular weight is 494 g/mol. The lowest BCUT2D eigenvalue weighted by atomic mass is 10.1. The molecule has 1 aliphatic rings. The van der Waals surface area contributed by atoms with Gasteiger partial charge in [-0.15, -0.1) is 0 Å². The first-order valence-electron chi connectivity index (χ1n) is 11.1. The van der Waals surface area contributed by atoms with Crippen molar-refractivity contribution in [2.24, 2.45) is 0 Å². The predicted octanol–water partition coefficient (Wildman–Crippen LogP) is 4.70. The Labute approximate surface area is 207 Å². The van der Waals surface area contributed by atoms with Gasteiger partial charge in [-0.25, -0.2) is 14.2 Å². The summed E-state index contributed by atoms with van der Waals surface area (Å²) in [7, 11) is 0. The van der Waals surface area contributed by atoms with Gasteiger partial charge in [-0.3, -0.25) is 10.1 Å². The van der Waals surface area contributed by atoms with Crippen molar-refractivity contribution in [1.82, 2.24) is 15.2 Å². The molecule has 1 saturated heterocycles. The number of nitrogens with zero attached hydrogens (tertiary/aromatic N) is 2. The van der Waals surface area contributed by atoms with E-state index in [1.54, 1.807) is 59.6 Å². The summed E-state index contributed by atoms with van der Waals surface area (Å²) in [4.78, 5) is 30.3. The minimum Gasteiger partial charge on any atom is -0.457 e. The van der Waals surface area contributed by atoms with E-state index >= 15 is 0 Å². The number of rotatable bonds is 6. The van der Waals surface area contributed by atoms with Crippen LogP contribution in [0.2, 0.25) is 0 Å². The third-order valence-corrected chi connectivity index (χ3v) is 5.44. The van der Waals surface area contributed by atoms with Crippen molar-refractivity contribution < 1.29 is 18.7 Å². The summed E-state index contributed by atoms with van der Waals surface area (Å²) >= 11 is 5.20. The molecule has 0 spiro atoms. The number of aromatic nitrogens is 1. The summed E-state index contributed by atoms with van der Waals surface area (Å²) in [5.41, 5.74) is 1.35. The Morgan fingerprint density at radius 3 is 2.40 bits per heavy atom. The maximum atomic E-state index is 13.0. The van der Waals surface area contributed by atoms with Crippen LogP contribution < -0.4 is 20.7 Å². The van der Waals surface area contributed by atoms with Crippen molar-refractivity contribution in [3.63, 3.8) is 0 Å². The number of amides is 3. The van der Waals surface area contributed by atoms with E-state index in [9.17, 15) is 14.0 Å². The molecule has 2 heterocycles. The summed E-state index contributed by atoms with van der Waals surface area (Å²) in [6, 6.07) is 15.9. The van der Waals surface area contributed by atoms with E-state index in [0.29, 0.717) is 28.6 Å². The normalized spacial score (nSPS) is 12.7. The van der Waals surface area contributed by atoms with E-state index in [4.69, 9.17) is 17.0 Å². The van der Waals surface area contributed by atoms with Crippen LogP contribution in [-0.4, -0.2) is 40.0 Å². The number of thiocarbonyl (C=S) groups is 1. The van der Waals surface area contributed by atoms with Gasteiger partial charge >= 0.3 is 6.03 Å². The molecule has 3 amide bonds. The van der Waals surface area contributed by atoms with Crippen LogP contribution in [0.5, 0.6) is 11.5 Å². The third kappa shape index (κ3) is 7.21. The van der Waals surface area contributed by atoms with E-state index in [1.807, 2.05) is 0 Å². The second-order valence-corrected chi connectivity index (χ2v) is 8.34. The molecule has 180 valence electrons. The molecule has 3 aromatic rings. The van der Waals surface area contributed by atoms with Gasteiger partial charge in [-0.05, 0) is 73.1 Å². The van der Waals surface area contributed by atoms with Gasteiger partial charge in [0.1, 0.15) is 23.1 Å². The number of carbonyl (C=O) groups excluding carboxylic acids is 2. The van der Waals surface area contributed by atoms with Crippen LogP contribution in [0.4, 0.5) is 20.7 Å². The molecular formula is C25H24FN5O3S. The Morgan fingerprint density at radius 2 is 1.69 bits per heavy atom. The third-order valence-electron chi connectivity index (χ3n) is 5.24. The number of hydrogen-bond donors (Lipinski definition) is 3. The van der Waals surface area contributed by atoms with Gasteiger partial charge in [0.2, 0.25) is 5.91 Å². The number of anilines is 2. The van der Waals surface area contributed by atoms with Crippen LogP contribution in [0.15, 0.2) is 66.9 Å². The Morgan fingerprint density at radius 1 is 0.971 bits per heavy atom. The van der Waals surface area contributed by atoms with Crippen molar-refractivity contribution in [1.29, 1.82) is 0 Å². The minimum atomic E-state index is -0.354. The van der Waals surface area contributed by atoms with Crippen molar-refractivity contribution >= 4 is 40.8 Å². The molecule has 0 unspecified atom stereocenters. The Balaban J connectivity index is 1.27.